The highest BCUT2D eigenvalue weighted by Gasteiger charge is 2.19. The maximum absolute atomic E-state index is 10.2. The summed E-state index contributed by atoms with van der Waals surface area (Å²) in [6.45, 7) is 7.77. The van der Waals surface area contributed by atoms with Gasteiger partial charge in [0.05, 0.1) is 0 Å². The van der Waals surface area contributed by atoms with Crippen LogP contribution in [0, 0.1) is 6.92 Å². The maximum atomic E-state index is 10.2. The molecule has 1 aromatic rings. The molecule has 0 bridgehead atoms. The van der Waals surface area contributed by atoms with Crippen molar-refractivity contribution >= 4 is 11.6 Å². The van der Waals surface area contributed by atoms with Crippen molar-refractivity contribution in [3.8, 4) is 5.75 Å². The number of hydrogen-bond donors (Lipinski definition) is 2. The Labute approximate surface area is 102 Å². The Morgan fingerprint density at radius 1 is 1.31 bits per heavy atom. The van der Waals surface area contributed by atoms with Crippen LogP contribution in [-0.2, 0) is 0 Å². The lowest BCUT2D eigenvalue weighted by atomic mass is 9.90. The van der Waals surface area contributed by atoms with Crippen molar-refractivity contribution in [2.75, 3.05) is 6.61 Å². The molecule has 2 N–H and O–H groups in total. The molecule has 0 amide bonds. The predicted octanol–water partition coefficient (Wildman–Crippen LogP) is 3.57. The number of benzene rings is 1. The number of halogens is 1. The molecule has 90 valence electrons. The quantitative estimate of drug-likeness (QED) is 0.851. The summed E-state index contributed by atoms with van der Waals surface area (Å²) in [7, 11) is 0. The lowest BCUT2D eigenvalue weighted by molar-refractivity contribution is 0.270. The first-order valence-electron chi connectivity index (χ1n) is 5.52. The number of hydrogen-bond acceptors (Lipinski definition) is 2. The first-order valence-corrected chi connectivity index (χ1v) is 5.90. The SMILES string of the molecule is Cc1c(Cl)cc(C(C)C)c(O)c1C(C)CO. The highest BCUT2D eigenvalue weighted by molar-refractivity contribution is 6.31. The average Bonchev–Trinajstić information content (AvgIpc) is 2.22. The molecule has 0 radical (unpaired) electrons. The van der Waals surface area contributed by atoms with Crippen LogP contribution < -0.4 is 0 Å². The minimum absolute atomic E-state index is 0.00623. The summed E-state index contributed by atoms with van der Waals surface area (Å²) in [5.41, 5.74) is 2.45. The molecule has 3 heteroatoms. The molecule has 0 spiro atoms. The highest BCUT2D eigenvalue weighted by atomic mass is 35.5. The fourth-order valence-corrected chi connectivity index (χ4v) is 2.13. The van der Waals surface area contributed by atoms with Gasteiger partial charge in [-0.3, -0.25) is 0 Å². The van der Waals surface area contributed by atoms with Crippen LogP contribution in [0.1, 0.15) is 49.3 Å². The Hall–Kier alpha value is -0.730. The van der Waals surface area contributed by atoms with Crippen LogP contribution in [0.4, 0.5) is 0 Å². The van der Waals surface area contributed by atoms with Gasteiger partial charge in [-0.15, -0.1) is 0 Å². The molecule has 0 saturated heterocycles. The van der Waals surface area contributed by atoms with E-state index in [1.807, 2.05) is 33.8 Å². The molecule has 1 rings (SSSR count). The van der Waals surface area contributed by atoms with Crippen LogP contribution in [0.25, 0.3) is 0 Å². The Morgan fingerprint density at radius 2 is 1.88 bits per heavy atom. The molecule has 0 saturated carbocycles. The lowest BCUT2D eigenvalue weighted by Gasteiger charge is -2.20. The van der Waals surface area contributed by atoms with Crippen molar-refractivity contribution in [3.63, 3.8) is 0 Å². The second kappa shape index (κ2) is 5.07. The van der Waals surface area contributed by atoms with Gasteiger partial charge in [-0.05, 0) is 30.0 Å². The predicted molar refractivity (Wildman–Crippen MR) is 67.4 cm³/mol. The summed E-state index contributed by atoms with van der Waals surface area (Å²) in [4.78, 5) is 0. The van der Waals surface area contributed by atoms with Crippen LogP contribution in [0.15, 0.2) is 6.07 Å². The molecule has 0 aromatic heterocycles. The summed E-state index contributed by atoms with van der Waals surface area (Å²) in [5, 5.41) is 20.0. The number of phenols is 1. The average molecular weight is 243 g/mol. The zero-order valence-corrected chi connectivity index (χ0v) is 11.0. The number of phenolic OH excluding ortho intramolecular Hbond substituents is 1. The van der Waals surface area contributed by atoms with Crippen molar-refractivity contribution in [2.24, 2.45) is 0 Å². The van der Waals surface area contributed by atoms with Crippen molar-refractivity contribution in [1.82, 2.24) is 0 Å². The van der Waals surface area contributed by atoms with Crippen LogP contribution in [0.3, 0.4) is 0 Å². The van der Waals surface area contributed by atoms with Crippen molar-refractivity contribution in [3.05, 3.63) is 27.8 Å². The molecule has 16 heavy (non-hydrogen) atoms. The fraction of sp³-hybridized carbons (Fsp3) is 0.538. The highest BCUT2D eigenvalue weighted by Crippen LogP contribution is 2.39. The van der Waals surface area contributed by atoms with Gasteiger partial charge in [0.1, 0.15) is 5.75 Å². The number of rotatable bonds is 3. The number of aliphatic hydroxyl groups is 1. The molecule has 0 aliphatic rings. The third kappa shape index (κ3) is 2.33. The van der Waals surface area contributed by atoms with E-state index in [0.29, 0.717) is 5.02 Å². The van der Waals surface area contributed by atoms with E-state index in [9.17, 15) is 10.2 Å². The Morgan fingerprint density at radius 3 is 2.31 bits per heavy atom. The van der Waals surface area contributed by atoms with E-state index in [-0.39, 0.29) is 24.2 Å². The molecule has 0 aliphatic carbocycles. The van der Waals surface area contributed by atoms with Gasteiger partial charge in [0.2, 0.25) is 0 Å². The molecule has 1 aromatic carbocycles. The van der Waals surface area contributed by atoms with Crippen molar-refractivity contribution < 1.29 is 10.2 Å². The molecule has 1 atom stereocenters. The second-order valence-corrected chi connectivity index (χ2v) is 4.98. The number of aromatic hydroxyl groups is 1. The summed E-state index contributed by atoms with van der Waals surface area (Å²) >= 11 is 6.14. The molecular weight excluding hydrogens is 224 g/mol. The molecule has 0 heterocycles. The smallest absolute Gasteiger partial charge is 0.122 e. The fourth-order valence-electron chi connectivity index (χ4n) is 1.91. The summed E-state index contributed by atoms with van der Waals surface area (Å²) in [5.74, 6) is 0.386. The van der Waals surface area contributed by atoms with E-state index in [2.05, 4.69) is 0 Å². The van der Waals surface area contributed by atoms with Crippen LogP contribution in [0.2, 0.25) is 5.02 Å². The topological polar surface area (TPSA) is 40.5 Å². The van der Waals surface area contributed by atoms with Crippen LogP contribution >= 0.6 is 11.6 Å². The van der Waals surface area contributed by atoms with Crippen molar-refractivity contribution in [2.45, 2.75) is 39.5 Å². The third-order valence-corrected chi connectivity index (χ3v) is 3.35. The zero-order valence-electron chi connectivity index (χ0n) is 10.2. The molecule has 2 nitrogen and oxygen atoms in total. The molecule has 0 aliphatic heterocycles. The van der Waals surface area contributed by atoms with E-state index < -0.39 is 0 Å². The summed E-state index contributed by atoms with van der Waals surface area (Å²) < 4.78 is 0. The third-order valence-electron chi connectivity index (χ3n) is 2.96. The van der Waals surface area contributed by atoms with Gasteiger partial charge < -0.3 is 10.2 Å². The van der Waals surface area contributed by atoms with Gasteiger partial charge in [0.25, 0.3) is 0 Å². The minimum atomic E-state index is -0.101. The van der Waals surface area contributed by atoms with E-state index in [1.54, 1.807) is 0 Å². The van der Waals surface area contributed by atoms with Crippen LogP contribution in [-0.4, -0.2) is 16.8 Å². The largest absolute Gasteiger partial charge is 0.507 e. The standard InChI is InChI=1S/C13H19ClO2/c1-7(2)10-5-11(14)9(4)12(13(10)16)8(3)6-15/h5,7-8,15-16H,6H2,1-4H3. The summed E-state index contributed by atoms with van der Waals surface area (Å²) in [6.07, 6.45) is 0. The zero-order chi connectivity index (χ0) is 12.5. The van der Waals surface area contributed by atoms with Gasteiger partial charge in [0, 0.05) is 23.1 Å². The second-order valence-electron chi connectivity index (χ2n) is 4.57. The van der Waals surface area contributed by atoms with Gasteiger partial charge in [-0.1, -0.05) is 32.4 Å². The van der Waals surface area contributed by atoms with Gasteiger partial charge in [-0.25, -0.2) is 0 Å². The number of aliphatic hydroxyl groups excluding tert-OH is 1. The Kier molecular flexibility index (Phi) is 4.22. The normalized spacial score (nSPS) is 13.2. The van der Waals surface area contributed by atoms with Gasteiger partial charge in [-0.2, -0.15) is 0 Å². The molecule has 1 unspecified atom stereocenters. The van der Waals surface area contributed by atoms with Gasteiger partial charge in [0.15, 0.2) is 0 Å². The van der Waals surface area contributed by atoms with E-state index in [4.69, 9.17) is 11.6 Å². The van der Waals surface area contributed by atoms with E-state index in [0.717, 1.165) is 16.7 Å². The van der Waals surface area contributed by atoms with E-state index in [1.165, 1.54) is 0 Å². The summed E-state index contributed by atoms with van der Waals surface area (Å²) in [6, 6.07) is 1.81. The first kappa shape index (κ1) is 13.3. The first-order chi connectivity index (χ1) is 7.40. The molecular formula is C13H19ClO2. The minimum Gasteiger partial charge on any atom is -0.507 e. The van der Waals surface area contributed by atoms with Crippen LogP contribution in [0.5, 0.6) is 5.75 Å². The Balaban J connectivity index is 3.45. The van der Waals surface area contributed by atoms with Crippen molar-refractivity contribution in [1.29, 1.82) is 0 Å². The Bertz CT molecular complexity index is 386. The lowest BCUT2D eigenvalue weighted by Crippen LogP contribution is -2.05. The van der Waals surface area contributed by atoms with Gasteiger partial charge >= 0.3 is 0 Å². The molecule has 0 fully saturated rings. The maximum Gasteiger partial charge on any atom is 0.122 e. The monoisotopic (exact) mass is 242 g/mol. The van der Waals surface area contributed by atoms with E-state index >= 15 is 0 Å².